The molecule has 2 rings (SSSR count). The standard InChI is InChI=1S/C31H43NO2/c1-2-3-4-5-6-7-8-9-10-11-12-13-14-15-19-26-30(33)32-29-25-21-20-24-28(29)31(34)27-22-17-16-18-23-27/h9-10,16-18,20-25H,2-8,11-15,19,26H2,1H3,(H,32,33)/b10-9-. The lowest BCUT2D eigenvalue weighted by molar-refractivity contribution is -0.116. The van der Waals surface area contributed by atoms with Gasteiger partial charge in [0, 0.05) is 17.5 Å². The highest BCUT2D eigenvalue weighted by atomic mass is 16.1. The van der Waals surface area contributed by atoms with Gasteiger partial charge in [0.1, 0.15) is 0 Å². The molecule has 0 spiro atoms. The van der Waals surface area contributed by atoms with Crippen molar-refractivity contribution in [2.75, 3.05) is 5.32 Å². The van der Waals surface area contributed by atoms with Gasteiger partial charge in [0.2, 0.25) is 5.91 Å². The van der Waals surface area contributed by atoms with Crippen molar-refractivity contribution in [2.45, 2.75) is 96.8 Å². The van der Waals surface area contributed by atoms with Crippen molar-refractivity contribution >= 4 is 17.4 Å². The number of anilines is 1. The summed E-state index contributed by atoms with van der Waals surface area (Å²) in [5.74, 6) is -0.0940. The highest BCUT2D eigenvalue weighted by Gasteiger charge is 2.14. The van der Waals surface area contributed by atoms with Crippen LogP contribution in [0.4, 0.5) is 5.69 Å². The van der Waals surface area contributed by atoms with Gasteiger partial charge in [-0.25, -0.2) is 0 Å². The van der Waals surface area contributed by atoms with Crippen molar-refractivity contribution < 1.29 is 9.59 Å². The number of carbonyl (C=O) groups is 2. The minimum atomic E-state index is -0.0717. The third-order valence-electron chi connectivity index (χ3n) is 6.15. The van der Waals surface area contributed by atoms with Crippen LogP contribution >= 0.6 is 0 Å². The number of unbranched alkanes of at least 4 members (excludes halogenated alkanes) is 11. The van der Waals surface area contributed by atoms with Crippen molar-refractivity contribution in [1.29, 1.82) is 0 Å². The summed E-state index contributed by atoms with van der Waals surface area (Å²) in [6.07, 6.45) is 21.3. The molecule has 0 fully saturated rings. The third kappa shape index (κ3) is 11.4. The van der Waals surface area contributed by atoms with Crippen LogP contribution in [0, 0.1) is 0 Å². The molecular formula is C31H43NO2. The Morgan fingerprint density at radius 1 is 0.676 bits per heavy atom. The average Bonchev–Trinajstić information content (AvgIpc) is 2.87. The molecule has 0 atom stereocenters. The number of hydrogen-bond acceptors (Lipinski definition) is 2. The van der Waals surface area contributed by atoms with Crippen molar-refractivity contribution in [1.82, 2.24) is 0 Å². The Hall–Kier alpha value is -2.68. The van der Waals surface area contributed by atoms with E-state index in [-0.39, 0.29) is 11.7 Å². The van der Waals surface area contributed by atoms with E-state index in [1.165, 1.54) is 70.6 Å². The second-order valence-electron chi connectivity index (χ2n) is 9.12. The fraction of sp³-hybridized carbons (Fsp3) is 0.484. The molecular weight excluding hydrogens is 418 g/mol. The van der Waals surface area contributed by atoms with E-state index in [4.69, 9.17) is 0 Å². The zero-order chi connectivity index (χ0) is 24.3. The molecule has 0 heterocycles. The van der Waals surface area contributed by atoms with Gasteiger partial charge in [0.05, 0.1) is 5.69 Å². The quantitative estimate of drug-likeness (QED) is 0.137. The first-order valence-corrected chi connectivity index (χ1v) is 13.4. The Bertz CT molecular complexity index is 857. The van der Waals surface area contributed by atoms with Crippen LogP contribution in [-0.4, -0.2) is 11.7 Å². The molecule has 0 saturated carbocycles. The second kappa shape index (κ2) is 17.8. The summed E-state index contributed by atoms with van der Waals surface area (Å²) < 4.78 is 0. The number of ketones is 1. The zero-order valence-electron chi connectivity index (χ0n) is 21.1. The molecule has 0 unspecified atom stereocenters. The van der Waals surface area contributed by atoms with E-state index < -0.39 is 0 Å². The van der Waals surface area contributed by atoms with E-state index in [1.54, 1.807) is 24.3 Å². The molecule has 2 aromatic rings. The van der Waals surface area contributed by atoms with Gasteiger partial charge in [-0.05, 0) is 44.2 Å². The highest BCUT2D eigenvalue weighted by Crippen LogP contribution is 2.20. The van der Waals surface area contributed by atoms with Crippen LogP contribution in [0.25, 0.3) is 0 Å². The molecule has 1 amide bonds. The number of para-hydroxylation sites is 1. The summed E-state index contributed by atoms with van der Waals surface area (Å²) in [4.78, 5) is 25.2. The first kappa shape index (κ1) is 27.6. The molecule has 184 valence electrons. The third-order valence-corrected chi connectivity index (χ3v) is 6.15. The Balaban J connectivity index is 1.55. The summed E-state index contributed by atoms with van der Waals surface area (Å²) in [7, 11) is 0. The topological polar surface area (TPSA) is 46.2 Å². The van der Waals surface area contributed by atoms with Crippen LogP contribution < -0.4 is 5.32 Å². The lowest BCUT2D eigenvalue weighted by Crippen LogP contribution is -2.14. The summed E-state index contributed by atoms with van der Waals surface area (Å²) in [5.41, 5.74) is 1.75. The van der Waals surface area contributed by atoms with Gasteiger partial charge < -0.3 is 5.32 Å². The first-order chi connectivity index (χ1) is 16.7. The van der Waals surface area contributed by atoms with Gasteiger partial charge in [-0.3, -0.25) is 9.59 Å². The number of carbonyl (C=O) groups excluding carboxylic acids is 2. The van der Waals surface area contributed by atoms with Gasteiger partial charge in [-0.1, -0.05) is 113 Å². The molecule has 0 bridgehead atoms. The van der Waals surface area contributed by atoms with E-state index in [2.05, 4.69) is 24.4 Å². The maximum Gasteiger partial charge on any atom is 0.224 e. The number of hydrogen-bond donors (Lipinski definition) is 1. The number of allylic oxidation sites excluding steroid dienone is 2. The predicted molar refractivity (Wildman–Crippen MR) is 144 cm³/mol. The van der Waals surface area contributed by atoms with E-state index >= 15 is 0 Å². The van der Waals surface area contributed by atoms with Crippen LogP contribution in [0.1, 0.15) is 113 Å². The van der Waals surface area contributed by atoms with E-state index in [0.717, 1.165) is 12.8 Å². The van der Waals surface area contributed by atoms with Crippen LogP contribution in [-0.2, 0) is 4.79 Å². The highest BCUT2D eigenvalue weighted by molar-refractivity contribution is 6.13. The molecule has 0 saturated heterocycles. The smallest absolute Gasteiger partial charge is 0.224 e. The molecule has 3 heteroatoms. The van der Waals surface area contributed by atoms with Gasteiger partial charge in [-0.15, -0.1) is 0 Å². The van der Waals surface area contributed by atoms with Crippen molar-refractivity contribution in [3.05, 3.63) is 77.9 Å². The van der Waals surface area contributed by atoms with Gasteiger partial charge in [0.15, 0.2) is 5.78 Å². The van der Waals surface area contributed by atoms with Gasteiger partial charge in [0.25, 0.3) is 0 Å². The summed E-state index contributed by atoms with van der Waals surface area (Å²) >= 11 is 0. The molecule has 0 aliphatic carbocycles. The summed E-state index contributed by atoms with van der Waals surface area (Å²) in [6.45, 7) is 2.26. The number of amides is 1. The predicted octanol–water partition coefficient (Wildman–Crippen LogP) is 8.89. The maximum atomic E-state index is 12.8. The Kier molecular flexibility index (Phi) is 14.4. The number of benzene rings is 2. The summed E-state index contributed by atoms with van der Waals surface area (Å²) in [6, 6.07) is 16.4. The molecule has 34 heavy (non-hydrogen) atoms. The van der Waals surface area contributed by atoms with Crippen molar-refractivity contribution in [2.24, 2.45) is 0 Å². The maximum absolute atomic E-state index is 12.8. The number of nitrogens with one attached hydrogen (secondary N) is 1. The lowest BCUT2D eigenvalue weighted by atomic mass is 10.0. The second-order valence-corrected chi connectivity index (χ2v) is 9.12. The summed E-state index contributed by atoms with van der Waals surface area (Å²) in [5, 5.41) is 2.94. The van der Waals surface area contributed by atoms with Crippen molar-refractivity contribution in [3.8, 4) is 0 Å². The fourth-order valence-corrected chi connectivity index (χ4v) is 4.10. The van der Waals surface area contributed by atoms with E-state index in [1.807, 2.05) is 30.3 Å². The zero-order valence-corrected chi connectivity index (χ0v) is 21.1. The normalized spacial score (nSPS) is 11.1. The van der Waals surface area contributed by atoms with Crippen LogP contribution in [0.2, 0.25) is 0 Å². The molecule has 3 nitrogen and oxygen atoms in total. The average molecular weight is 462 g/mol. The van der Waals surface area contributed by atoms with E-state index in [9.17, 15) is 9.59 Å². The van der Waals surface area contributed by atoms with Gasteiger partial charge in [-0.2, -0.15) is 0 Å². The molecule has 2 aromatic carbocycles. The Labute approximate surface area is 207 Å². The molecule has 0 aliphatic heterocycles. The lowest BCUT2D eigenvalue weighted by Gasteiger charge is -2.10. The Morgan fingerprint density at radius 2 is 1.24 bits per heavy atom. The molecule has 1 N–H and O–H groups in total. The molecule has 0 radical (unpaired) electrons. The van der Waals surface area contributed by atoms with Crippen LogP contribution in [0.3, 0.4) is 0 Å². The van der Waals surface area contributed by atoms with Crippen LogP contribution in [0.5, 0.6) is 0 Å². The minimum Gasteiger partial charge on any atom is -0.325 e. The first-order valence-electron chi connectivity index (χ1n) is 13.4. The number of rotatable bonds is 18. The van der Waals surface area contributed by atoms with Crippen molar-refractivity contribution in [3.63, 3.8) is 0 Å². The SMILES string of the molecule is CCCCCCCC/C=C\CCCCCCCC(=O)Nc1ccccc1C(=O)c1ccccc1. The van der Waals surface area contributed by atoms with Crippen LogP contribution in [0.15, 0.2) is 66.7 Å². The molecule has 0 aliphatic rings. The molecule has 0 aromatic heterocycles. The van der Waals surface area contributed by atoms with Gasteiger partial charge >= 0.3 is 0 Å². The Morgan fingerprint density at radius 3 is 1.91 bits per heavy atom. The fourth-order valence-electron chi connectivity index (χ4n) is 4.10. The minimum absolute atomic E-state index is 0.0223. The largest absolute Gasteiger partial charge is 0.325 e. The monoisotopic (exact) mass is 461 g/mol. The van der Waals surface area contributed by atoms with E-state index in [0.29, 0.717) is 23.2 Å².